The Kier molecular flexibility index (Phi) is 3.47. The van der Waals surface area contributed by atoms with Crippen molar-refractivity contribution in [3.8, 4) is 0 Å². The summed E-state index contributed by atoms with van der Waals surface area (Å²) in [7, 11) is 0. The molecule has 0 aliphatic carbocycles. The Morgan fingerprint density at radius 3 is 3.00 bits per heavy atom. The van der Waals surface area contributed by atoms with Crippen LogP contribution in [0.15, 0.2) is 36.3 Å². The number of fused-ring (bicyclic) bond motifs is 1. The fourth-order valence-electron chi connectivity index (χ4n) is 1.49. The van der Waals surface area contributed by atoms with E-state index >= 15 is 0 Å². The van der Waals surface area contributed by atoms with Crippen LogP contribution < -0.4 is 10.9 Å². The number of ketones is 1. The van der Waals surface area contributed by atoms with E-state index in [9.17, 15) is 4.79 Å². The molecule has 0 atom stereocenters. The molecule has 0 fully saturated rings. The van der Waals surface area contributed by atoms with Gasteiger partial charge in [-0.05, 0) is 26.0 Å². The van der Waals surface area contributed by atoms with Crippen molar-refractivity contribution >= 4 is 22.5 Å². The van der Waals surface area contributed by atoms with Crippen LogP contribution in [0.5, 0.6) is 0 Å². The number of hydrogen-bond acceptors (Lipinski definition) is 6. The van der Waals surface area contributed by atoms with Gasteiger partial charge in [0.2, 0.25) is 0 Å². The summed E-state index contributed by atoms with van der Waals surface area (Å²) in [4.78, 5) is 15.1. The van der Waals surface area contributed by atoms with Crippen molar-refractivity contribution in [2.75, 3.05) is 5.43 Å². The molecule has 0 saturated carbocycles. The fraction of sp³-hybridized carbons (Fsp3) is 0.167. The van der Waals surface area contributed by atoms with Gasteiger partial charge in [-0.3, -0.25) is 15.2 Å². The molecule has 2 aromatic rings. The van der Waals surface area contributed by atoms with E-state index in [0.29, 0.717) is 16.9 Å². The Labute approximate surface area is 104 Å². The van der Waals surface area contributed by atoms with Gasteiger partial charge in [-0.15, -0.1) is 5.10 Å². The molecule has 0 amide bonds. The molecule has 6 nitrogen and oxygen atoms in total. The van der Waals surface area contributed by atoms with Gasteiger partial charge < -0.3 is 5.43 Å². The molecule has 0 unspecified atom stereocenters. The molecule has 0 saturated heterocycles. The number of rotatable bonds is 4. The first-order valence-electron chi connectivity index (χ1n) is 5.44. The maximum absolute atomic E-state index is 10.9. The first kappa shape index (κ1) is 12.0. The van der Waals surface area contributed by atoms with Gasteiger partial charge in [0, 0.05) is 18.0 Å². The van der Waals surface area contributed by atoms with Crippen LogP contribution in [0.3, 0.4) is 0 Å². The molecule has 2 rings (SSSR count). The van der Waals surface area contributed by atoms with Crippen molar-refractivity contribution in [1.29, 1.82) is 0 Å². The predicted molar refractivity (Wildman–Crippen MR) is 68.5 cm³/mol. The van der Waals surface area contributed by atoms with E-state index in [1.54, 1.807) is 25.4 Å². The van der Waals surface area contributed by atoms with Gasteiger partial charge in [0.25, 0.3) is 0 Å². The van der Waals surface area contributed by atoms with Crippen LogP contribution in [-0.4, -0.2) is 21.0 Å². The molecular formula is C12H13N5O. The Hall–Kier alpha value is -2.50. The predicted octanol–water partition coefficient (Wildman–Crippen LogP) is 1.43. The Morgan fingerprint density at radius 1 is 1.39 bits per heavy atom. The third kappa shape index (κ3) is 2.79. The van der Waals surface area contributed by atoms with Gasteiger partial charge in [-0.2, -0.15) is 5.10 Å². The average Bonchev–Trinajstić information content (AvgIpc) is 2.35. The Balaban J connectivity index is 2.20. The van der Waals surface area contributed by atoms with E-state index in [4.69, 9.17) is 0 Å². The van der Waals surface area contributed by atoms with Gasteiger partial charge >= 0.3 is 0 Å². The van der Waals surface area contributed by atoms with Gasteiger partial charge in [-0.25, -0.2) is 0 Å². The SMILES string of the molecule is CC(=O)/C=C(\C)NNc1cnnc2cccnc12. The van der Waals surface area contributed by atoms with Gasteiger partial charge in [0.1, 0.15) is 16.7 Å². The number of carbonyl (C=O) groups is 1. The van der Waals surface area contributed by atoms with Crippen molar-refractivity contribution in [2.45, 2.75) is 13.8 Å². The maximum Gasteiger partial charge on any atom is 0.154 e. The molecule has 0 aromatic carbocycles. The first-order valence-corrected chi connectivity index (χ1v) is 5.44. The molecule has 18 heavy (non-hydrogen) atoms. The van der Waals surface area contributed by atoms with Crippen molar-refractivity contribution < 1.29 is 4.79 Å². The molecule has 0 radical (unpaired) electrons. The lowest BCUT2D eigenvalue weighted by molar-refractivity contribution is -0.112. The molecule has 2 aromatic heterocycles. The Bertz CT molecular complexity index is 603. The van der Waals surface area contributed by atoms with E-state index in [-0.39, 0.29) is 5.78 Å². The number of carbonyl (C=O) groups excluding carboxylic acids is 1. The lowest BCUT2D eigenvalue weighted by atomic mass is 10.3. The molecule has 2 N–H and O–H groups in total. The highest BCUT2D eigenvalue weighted by Gasteiger charge is 2.02. The molecule has 0 aliphatic rings. The summed E-state index contributed by atoms with van der Waals surface area (Å²) >= 11 is 0. The van der Waals surface area contributed by atoms with Crippen molar-refractivity contribution in [1.82, 2.24) is 20.6 Å². The lowest BCUT2D eigenvalue weighted by Gasteiger charge is -2.10. The smallest absolute Gasteiger partial charge is 0.154 e. The van der Waals surface area contributed by atoms with Gasteiger partial charge in [-0.1, -0.05) is 0 Å². The second kappa shape index (κ2) is 5.22. The summed E-state index contributed by atoms with van der Waals surface area (Å²) in [5.41, 5.74) is 8.70. The second-order valence-electron chi connectivity index (χ2n) is 3.82. The number of aromatic nitrogens is 3. The molecule has 0 aliphatic heterocycles. The van der Waals surface area contributed by atoms with Crippen LogP contribution in [0.4, 0.5) is 5.69 Å². The average molecular weight is 243 g/mol. The minimum absolute atomic E-state index is 0.0161. The molecule has 0 spiro atoms. The zero-order valence-electron chi connectivity index (χ0n) is 10.1. The minimum atomic E-state index is -0.0161. The lowest BCUT2D eigenvalue weighted by Crippen LogP contribution is -2.20. The van der Waals surface area contributed by atoms with Crippen LogP contribution in [0.2, 0.25) is 0 Å². The van der Waals surface area contributed by atoms with Crippen molar-refractivity contribution in [2.24, 2.45) is 0 Å². The monoisotopic (exact) mass is 243 g/mol. The van der Waals surface area contributed by atoms with Crippen LogP contribution >= 0.6 is 0 Å². The number of anilines is 1. The highest BCUT2D eigenvalue weighted by molar-refractivity contribution is 5.88. The van der Waals surface area contributed by atoms with Crippen molar-refractivity contribution in [3.05, 3.63) is 36.3 Å². The second-order valence-corrected chi connectivity index (χ2v) is 3.82. The number of nitrogens with one attached hydrogen (secondary N) is 2. The maximum atomic E-state index is 10.9. The summed E-state index contributed by atoms with van der Waals surface area (Å²) < 4.78 is 0. The summed E-state index contributed by atoms with van der Waals surface area (Å²) in [5, 5.41) is 7.84. The summed E-state index contributed by atoms with van der Waals surface area (Å²) in [6.45, 7) is 3.29. The third-order valence-electron chi connectivity index (χ3n) is 2.21. The first-order chi connectivity index (χ1) is 8.66. The quantitative estimate of drug-likeness (QED) is 0.624. The van der Waals surface area contributed by atoms with Crippen LogP contribution in [0.1, 0.15) is 13.8 Å². The van der Waals surface area contributed by atoms with Crippen LogP contribution in [0, 0.1) is 0 Å². The zero-order chi connectivity index (χ0) is 13.0. The van der Waals surface area contributed by atoms with Crippen molar-refractivity contribution in [3.63, 3.8) is 0 Å². The standard InChI is InChI=1S/C12H13N5O/c1-8(6-9(2)18)15-17-11-7-14-16-10-4-3-5-13-12(10)11/h3-7,15H,1-2H3,(H,16,17)/b8-6+. The van der Waals surface area contributed by atoms with Gasteiger partial charge in [0.15, 0.2) is 5.78 Å². The van der Waals surface area contributed by atoms with E-state index in [0.717, 1.165) is 5.52 Å². The molecule has 2 heterocycles. The number of allylic oxidation sites excluding steroid dienone is 2. The minimum Gasteiger partial charge on any atom is -0.305 e. The van der Waals surface area contributed by atoms with Crippen LogP contribution in [0.25, 0.3) is 11.0 Å². The van der Waals surface area contributed by atoms with E-state index < -0.39 is 0 Å². The highest BCUT2D eigenvalue weighted by atomic mass is 16.1. The van der Waals surface area contributed by atoms with Gasteiger partial charge in [0.05, 0.1) is 6.20 Å². The largest absolute Gasteiger partial charge is 0.305 e. The molecule has 92 valence electrons. The van der Waals surface area contributed by atoms with Crippen LogP contribution in [-0.2, 0) is 4.79 Å². The normalized spacial score (nSPS) is 11.3. The number of nitrogens with zero attached hydrogens (tertiary/aromatic N) is 3. The molecule has 0 bridgehead atoms. The number of hydrazine groups is 1. The topological polar surface area (TPSA) is 79.8 Å². The van der Waals surface area contributed by atoms with E-state index in [1.807, 2.05) is 6.07 Å². The zero-order valence-corrected chi connectivity index (χ0v) is 10.1. The molecular weight excluding hydrogens is 230 g/mol. The summed E-state index contributed by atoms with van der Waals surface area (Å²) in [6.07, 6.45) is 4.76. The highest BCUT2D eigenvalue weighted by Crippen LogP contribution is 2.16. The summed E-state index contributed by atoms with van der Waals surface area (Å²) in [6, 6.07) is 3.63. The molecule has 6 heteroatoms. The van der Waals surface area contributed by atoms with E-state index in [1.165, 1.54) is 13.0 Å². The number of hydrogen-bond donors (Lipinski definition) is 2. The number of pyridine rings is 1. The Morgan fingerprint density at radius 2 is 2.22 bits per heavy atom. The third-order valence-corrected chi connectivity index (χ3v) is 2.21. The summed E-state index contributed by atoms with van der Waals surface area (Å²) in [5.74, 6) is -0.0161. The fourth-order valence-corrected chi connectivity index (χ4v) is 1.49. The van der Waals surface area contributed by atoms with E-state index in [2.05, 4.69) is 26.0 Å².